The minimum Gasteiger partial charge on any atom is -0.481 e. The number of carboxylic acids is 1. The molecule has 0 aliphatic rings. The lowest BCUT2D eigenvalue weighted by atomic mass is 10.3. The number of unbranched alkanes of at least 4 members (excludes halogenated alkanes) is 1. The van der Waals surface area contributed by atoms with Crippen LogP contribution in [0.4, 0.5) is 4.79 Å². The van der Waals surface area contributed by atoms with Crippen LogP contribution in [0.25, 0.3) is 0 Å². The van der Waals surface area contributed by atoms with Crippen molar-refractivity contribution in [3.63, 3.8) is 0 Å². The highest BCUT2D eigenvalue weighted by Gasteiger charge is 2.07. The van der Waals surface area contributed by atoms with Crippen LogP contribution < -0.4 is 5.32 Å². The van der Waals surface area contributed by atoms with Crippen molar-refractivity contribution in [2.75, 3.05) is 40.8 Å². The summed E-state index contributed by atoms with van der Waals surface area (Å²) in [5.41, 5.74) is 0. The Morgan fingerprint density at radius 2 is 1.72 bits per heavy atom. The number of carboxylic acid groups (broad SMARTS) is 1. The SMILES string of the molecule is CN(C)CCCCNC(=O)N(C)CCCC(=O)O. The summed E-state index contributed by atoms with van der Waals surface area (Å²) < 4.78 is 0. The van der Waals surface area contributed by atoms with Crippen LogP contribution in [0.5, 0.6) is 0 Å². The fourth-order valence-corrected chi connectivity index (χ4v) is 1.45. The minimum absolute atomic E-state index is 0.0977. The molecule has 106 valence electrons. The van der Waals surface area contributed by atoms with E-state index in [2.05, 4.69) is 10.2 Å². The van der Waals surface area contributed by atoms with E-state index in [1.165, 1.54) is 4.90 Å². The smallest absolute Gasteiger partial charge is 0.317 e. The van der Waals surface area contributed by atoms with Gasteiger partial charge in [0.2, 0.25) is 0 Å². The molecule has 0 unspecified atom stereocenters. The molecule has 0 aromatic heterocycles. The summed E-state index contributed by atoms with van der Waals surface area (Å²) >= 11 is 0. The summed E-state index contributed by atoms with van der Waals surface area (Å²) in [6.45, 7) is 2.15. The Morgan fingerprint density at radius 3 is 2.28 bits per heavy atom. The first kappa shape index (κ1) is 16.7. The fraction of sp³-hybridized carbons (Fsp3) is 0.833. The second kappa shape index (κ2) is 9.70. The molecule has 0 saturated heterocycles. The van der Waals surface area contributed by atoms with Crippen molar-refractivity contribution in [3.05, 3.63) is 0 Å². The van der Waals surface area contributed by atoms with Gasteiger partial charge in [-0.2, -0.15) is 0 Å². The van der Waals surface area contributed by atoms with Crippen LogP contribution >= 0.6 is 0 Å². The number of hydrogen-bond donors (Lipinski definition) is 2. The molecular formula is C12H25N3O3. The molecule has 0 rings (SSSR count). The zero-order valence-corrected chi connectivity index (χ0v) is 11.6. The number of nitrogens with zero attached hydrogens (tertiary/aromatic N) is 2. The van der Waals surface area contributed by atoms with E-state index >= 15 is 0 Å². The van der Waals surface area contributed by atoms with Gasteiger partial charge in [-0.05, 0) is 39.9 Å². The molecule has 0 bridgehead atoms. The van der Waals surface area contributed by atoms with Crippen molar-refractivity contribution >= 4 is 12.0 Å². The number of amides is 2. The van der Waals surface area contributed by atoms with Crippen molar-refractivity contribution in [3.8, 4) is 0 Å². The van der Waals surface area contributed by atoms with Crippen LogP contribution in [0.3, 0.4) is 0 Å². The van der Waals surface area contributed by atoms with Gasteiger partial charge in [0, 0.05) is 26.6 Å². The van der Waals surface area contributed by atoms with Crippen molar-refractivity contribution in [1.82, 2.24) is 15.1 Å². The van der Waals surface area contributed by atoms with E-state index in [1.54, 1.807) is 7.05 Å². The van der Waals surface area contributed by atoms with Gasteiger partial charge < -0.3 is 20.2 Å². The molecule has 6 nitrogen and oxygen atoms in total. The topological polar surface area (TPSA) is 72.9 Å². The molecule has 0 aliphatic heterocycles. The molecule has 0 fully saturated rings. The maximum absolute atomic E-state index is 11.6. The summed E-state index contributed by atoms with van der Waals surface area (Å²) in [6, 6.07) is -0.134. The zero-order chi connectivity index (χ0) is 14.0. The molecule has 6 heteroatoms. The lowest BCUT2D eigenvalue weighted by Crippen LogP contribution is -2.38. The van der Waals surface area contributed by atoms with E-state index in [0.29, 0.717) is 19.5 Å². The molecule has 0 heterocycles. The van der Waals surface area contributed by atoms with Gasteiger partial charge in [0.25, 0.3) is 0 Å². The largest absolute Gasteiger partial charge is 0.481 e. The van der Waals surface area contributed by atoms with Crippen LogP contribution in [0.2, 0.25) is 0 Å². The van der Waals surface area contributed by atoms with E-state index < -0.39 is 5.97 Å². The number of carbonyl (C=O) groups is 2. The molecule has 2 amide bonds. The average molecular weight is 259 g/mol. The first-order valence-corrected chi connectivity index (χ1v) is 6.29. The number of urea groups is 1. The summed E-state index contributed by atoms with van der Waals surface area (Å²) in [5, 5.41) is 11.3. The lowest BCUT2D eigenvalue weighted by Gasteiger charge is -2.17. The number of aliphatic carboxylic acids is 1. The van der Waals surface area contributed by atoms with Crippen molar-refractivity contribution in [2.24, 2.45) is 0 Å². The Balaban J connectivity index is 3.53. The standard InChI is InChI=1S/C12H25N3O3/c1-14(2)9-5-4-8-13-12(18)15(3)10-6-7-11(16)17/h4-10H2,1-3H3,(H,13,18)(H,16,17). The van der Waals surface area contributed by atoms with Gasteiger partial charge in [0.05, 0.1) is 0 Å². The van der Waals surface area contributed by atoms with E-state index in [1.807, 2.05) is 14.1 Å². The molecule has 2 N–H and O–H groups in total. The van der Waals surface area contributed by atoms with Gasteiger partial charge in [-0.15, -0.1) is 0 Å². The van der Waals surface area contributed by atoms with E-state index in [-0.39, 0.29) is 12.5 Å². The third kappa shape index (κ3) is 9.89. The Morgan fingerprint density at radius 1 is 1.06 bits per heavy atom. The predicted octanol–water partition coefficient (Wildman–Crippen LogP) is 0.834. The average Bonchev–Trinajstić information content (AvgIpc) is 2.27. The Kier molecular flexibility index (Phi) is 9.00. The third-order valence-electron chi connectivity index (χ3n) is 2.54. The second-order valence-corrected chi connectivity index (χ2v) is 4.66. The Bertz CT molecular complexity index is 257. The van der Waals surface area contributed by atoms with Gasteiger partial charge in [0.1, 0.15) is 0 Å². The Hall–Kier alpha value is -1.30. The van der Waals surface area contributed by atoms with E-state index in [9.17, 15) is 9.59 Å². The maximum Gasteiger partial charge on any atom is 0.317 e. The van der Waals surface area contributed by atoms with Crippen LogP contribution in [-0.2, 0) is 4.79 Å². The van der Waals surface area contributed by atoms with Crippen LogP contribution in [-0.4, -0.2) is 67.7 Å². The highest BCUT2D eigenvalue weighted by atomic mass is 16.4. The van der Waals surface area contributed by atoms with Gasteiger partial charge in [0.15, 0.2) is 0 Å². The lowest BCUT2D eigenvalue weighted by molar-refractivity contribution is -0.137. The molecule has 0 aromatic carbocycles. The third-order valence-corrected chi connectivity index (χ3v) is 2.54. The molecule has 18 heavy (non-hydrogen) atoms. The maximum atomic E-state index is 11.6. The first-order chi connectivity index (χ1) is 8.43. The quantitative estimate of drug-likeness (QED) is 0.602. The predicted molar refractivity (Wildman–Crippen MR) is 70.7 cm³/mol. The van der Waals surface area contributed by atoms with Crippen molar-refractivity contribution in [2.45, 2.75) is 25.7 Å². The summed E-state index contributed by atoms with van der Waals surface area (Å²) in [7, 11) is 5.72. The normalized spacial score (nSPS) is 10.4. The van der Waals surface area contributed by atoms with Gasteiger partial charge in [-0.25, -0.2) is 4.79 Å². The van der Waals surface area contributed by atoms with Gasteiger partial charge in [-0.3, -0.25) is 4.79 Å². The van der Waals surface area contributed by atoms with Gasteiger partial charge >= 0.3 is 12.0 Å². The molecule has 0 spiro atoms. The number of carbonyl (C=O) groups excluding carboxylic acids is 1. The summed E-state index contributed by atoms with van der Waals surface area (Å²) in [4.78, 5) is 25.5. The minimum atomic E-state index is -0.826. The van der Waals surface area contributed by atoms with Crippen molar-refractivity contribution < 1.29 is 14.7 Å². The van der Waals surface area contributed by atoms with E-state index in [0.717, 1.165) is 19.4 Å². The highest BCUT2D eigenvalue weighted by Crippen LogP contribution is 1.94. The monoisotopic (exact) mass is 259 g/mol. The summed E-state index contributed by atoms with van der Waals surface area (Å²) in [5.74, 6) is -0.826. The molecule has 0 saturated carbocycles. The molecule has 0 radical (unpaired) electrons. The molecule has 0 atom stereocenters. The van der Waals surface area contributed by atoms with Crippen molar-refractivity contribution in [1.29, 1.82) is 0 Å². The van der Waals surface area contributed by atoms with Crippen LogP contribution in [0.15, 0.2) is 0 Å². The van der Waals surface area contributed by atoms with Crippen LogP contribution in [0, 0.1) is 0 Å². The fourth-order valence-electron chi connectivity index (χ4n) is 1.45. The Labute approximate surface area is 109 Å². The molecule has 0 aliphatic carbocycles. The highest BCUT2D eigenvalue weighted by molar-refractivity contribution is 5.73. The van der Waals surface area contributed by atoms with Crippen LogP contribution in [0.1, 0.15) is 25.7 Å². The molecule has 0 aromatic rings. The number of hydrogen-bond acceptors (Lipinski definition) is 3. The molecular weight excluding hydrogens is 234 g/mol. The number of rotatable bonds is 9. The van der Waals surface area contributed by atoms with Gasteiger partial charge in [-0.1, -0.05) is 0 Å². The first-order valence-electron chi connectivity index (χ1n) is 6.29. The summed E-state index contributed by atoms with van der Waals surface area (Å²) in [6.07, 6.45) is 2.59. The number of nitrogens with one attached hydrogen (secondary N) is 1. The zero-order valence-electron chi connectivity index (χ0n) is 11.6. The van der Waals surface area contributed by atoms with E-state index in [4.69, 9.17) is 5.11 Å². The second-order valence-electron chi connectivity index (χ2n) is 4.66.